The Labute approximate surface area is 149 Å². The number of nitrogens with zero attached hydrogens (tertiary/aromatic N) is 2. The maximum atomic E-state index is 12.1. The monoisotopic (exact) mass is 351 g/mol. The molecule has 1 heterocycles. The summed E-state index contributed by atoms with van der Waals surface area (Å²) in [5.41, 5.74) is 6.76. The minimum atomic E-state index is -0.0958. The molecular formula is C18H29N3O4. The van der Waals surface area contributed by atoms with E-state index in [0.29, 0.717) is 23.7 Å². The molecule has 1 aliphatic rings. The Bertz CT molecular complexity index is 584. The third-order valence-corrected chi connectivity index (χ3v) is 4.40. The van der Waals surface area contributed by atoms with Crippen molar-refractivity contribution in [3.05, 3.63) is 17.7 Å². The Kier molecular flexibility index (Phi) is 6.90. The summed E-state index contributed by atoms with van der Waals surface area (Å²) >= 11 is 0. The number of nitrogens with two attached hydrogens (primary N) is 1. The maximum Gasteiger partial charge on any atom is 0.224 e. The first-order valence-corrected chi connectivity index (χ1v) is 8.53. The highest BCUT2D eigenvalue weighted by molar-refractivity contribution is 5.76. The van der Waals surface area contributed by atoms with Gasteiger partial charge in [0, 0.05) is 50.7 Å². The predicted molar refractivity (Wildman–Crippen MR) is 96.2 cm³/mol. The Morgan fingerprint density at radius 1 is 1.08 bits per heavy atom. The maximum absolute atomic E-state index is 12.1. The average molecular weight is 351 g/mol. The summed E-state index contributed by atoms with van der Waals surface area (Å²) in [6.07, 6.45) is 0.406. The largest absolute Gasteiger partial charge is 0.493 e. The molecule has 1 saturated heterocycles. The van der Waals surface area contributed by atoms with Crippen LogP contribution in [0.15, 0.2) is 12.1 Å². The number of benzene rings is 1. The molecule has 25 heavy (non-hydrogen) atoms. The molecule has 0 spiro atoms. The average Bonchev–Trinajstić information content (AvgIpc) is 2.61. The van der Waals surface area contributed by atoms with Crippen molar-refractivity contribution in [3.63, 3.8) is 0 Å². The molecule has 1 amide bonds. The van der Waals surface area contributed by atoms with Gasteiger partial charge in [0.25, 0.3) is 0 Å². The van der Waals surface area contributed by atoms with Gasteiger partial charge in [-0.3, -0.25) is 9.69 Å². The third-order valence-electron chi connectivity index (χ3n) is 4.40. The van der Waals surface area contributed by atoms with Gasteiger partial charge in [0.1, 0.15) is 0 Å². The lowest BCUT2D eigenvalue weighted by atomic mass is 10.1. The molecule has 140 valence electrons. The number of piperazine rings is 1. The van der Waals surface area contributed by atoms with Gasteiger partial charge >= 0.3 is 0 Å². The summed E-state index contributed by atoms with van der Waals surface area (Å²) in [6.45, 7) is 5.68. The van der Waals surface area contributed by atoms with E-state index in [1.807, 2.05) is 24.0 Å². The quantitative estimate of drug-likeness (QED) is 0.792. The zero-order chi connectivity index (χ0) is 18.4. The van der Waals surface area contributed by atoms with Crippen LogP contribution in [0.25, 0.3) is 0 Å². The van der Waals surface area contributed by atoms with Crippen LogP contribution in [0.1, 0.15) is 18.9 Å². The highest BCUT2D eigenvalue weighted by Gasteiger charge is 2.23. The van der Waals surface area contributed by atoms with E-state index in [0.717, 1.165) is 38.3 Å². The van der Waals surface area contributed by atoms with Crippen LogP contribution in [0.5, 0.6) is 17.2 Å². The summed E-state index contributed by atoms with van der Waals surface area (Å²) in [4.78, 5) is 16.3. The molecule has 0 aliphatic carbocycles. The number of carbonyl (C=O) groups is 1. The van der Waals surface area contributed by atoms with E-state index in [2.05, 4.69) is 4.90 Å². The zero-order valence-corrected chi connectivity index (χ0v) is 15.6. The molecule has 2 N–H and O–H groups in total. The lowest BCUT2D eigenvalue weighted by molar-refractivity contribution is -0.133. The van der Waals surface area contributed by atoms with E-state index in [1.165, 1.54) is 0 Å². The minimum absolute atomic E-state index is 0.0958. The number of methoxy groups -OCH3 is 3. The number of ether oxygens (including phenoxy) is 3. The molecule has 1 unspecified atom stereocenters. The molecule has 1 aliphatic heterocycles. The van der Waals surface area contributed by atoms with E-state index >= 15 is 0 Å². The van der Waals surface area contributed by atoms with Crippen molar-refractivity contribution >= 4 is 5.91 Å². The molecule has 0 aromatic heterocycles. The standard InChI is InChI=1S/C18H29N3O4/c1-13(19)11-16(22)21-9-7-20(8-10-21)12-14-5-6-15(23-2)18(25-4)17(14)24-3/h5-6,13H,7-12,19H2,1-4H3. The van der Waals surface area contributed by atoms with Crippen LogP contribution in [0, 0.1) is 0 Å². The summed E-state index contributed by atoms with van der Waals surface area (Å²) in [5, 5.41) is 0. The molecule has 1 atom stereocenters. The highest BCUT2D eigenvalue weighted by atomic mass is 16.5. The molecule has 0 bridgehead atoms. The van der Waals surface area contributed by atoms with Crippen LogP contribution < -0.4 is 19.9 Å². The summed E-state index contributed by atoms with van der Waals surface area (Å²) < 4.78 is 16.3. The number of carbonyl (C=O) groups excluding carboxylic acids is 1. The fourth-order valence-corrected chi connectivity index (χ4v) is 3.09. The van der Waals surface area contributed by atoms with Gasteiger partial charge in [-0.15, -0.1) is 0 Å². The first-order chi connectivity index (χ1) is 12.0. The van der Waals surface area contributed by atoms with Crippen LogP contribution in [0.3, 0.4) is 0 Å². The van der Waals surface area contributed by atoms with E-state index in [9.17, 15) is 4.79 Å². The summed E-state index contributed by atoms with van der Waals surface area (Å²) in [7, 11) is 4.84. The van der Waals surface area contributed by atoms with E-state index < -0.39 is 0 Å². The fourth-order valence-electron chi connectivity index (χ4n) is 3.09. The molecule has 2 rings (SSSR count). The van der Waals surface area contributed by atoms with Gasteiger partial charge in [-0.25, -0.2) is 0 Å². The van der Waals surface area contributed by atoms with Crippen LogP contribution in [-0.4, -0.2) is 69.3 Å². The van der Waals surface area contributed by atoms with Gasteiger partial charge in [0.05, 0.1) is 21.3 Å². The second kappa shape index (κ2) is 8.92. The first-order valence-electron chi connectivity index (χ1n) is 8.53. The van der Waals surface area contributed by atoms with Gasteiger partial charge in [0.15, 0.2) is 11.5 Å². The van der Waals surface area contributed by atoms with Gasteiger partial charge < -0.3 is 24.8 Å². The van der Waals surface area contributed by atoms with E-state index in [-0.39, 0.29) is 11.9 Å². The lowest BCUT2D eigenvalue weighted by Crippen LogP contribution is -2.49. The van der Waals surface area contributed by atoms with Crippen molar-refractivity contribution in [2.75, 3.05) is 47.5 Å². The smallest absolute Gasteiger partial charge is 0.224 e. The van der Waals surface area contributed by atoms with Crippen LogP contribution in [0.4, 0.5) is 0 Å². The normalized spacial score (nSPS) is 16.4. The van der Waals surface area contributed by atoms with Crippen LogP contribution in [-0.2, 0) is 11.3 Å². The number of rotatable bonds is 7. The van der Waals surface area contributed by atoms with Crippen molar-refractivity contribution in [1.29, 1.82) is 0 Å². The Hall–Kier alpha value is -1.99. The van der Waals surface area contributed by atoms with Crippen molar-refractivity contribution in [3.8, 4) is 17.2 Å². The molecule has 0 saturated carbocycles. The van der Waals surface area contributed by atoms with Gasteiger partial charge in [0.2, 0.25) is 11.7 Å². The fraction of sp³-hybridized carbons (Fsp3) is 0.611. The molecule has 0 radical (unpaired) electrons. The number of hydrogen-bond acceptors (Lipinski definition) is 6. The second-order valence-electron chi connectivity index (χ2n) is 6.33. The third kappa shape index (κ3) is 4.76. The lowest BCUT2D eigenvalue weighted by Gasteiger charge is -2.35. The minimum Gasteiger partial charge on any atom is -0.493 e. The number of amides is 1. The molecule has 7 nitrogen and oxygen atoms in total. The summed E-state index contributed by atoms with van der Waals surface area (Å²) in [5.74, 6) is 2.08. The Morgan fingerprint density at radius 3 is 2.24 bits per heavy atom. The van der Waals surface area contributed by atoms with Crippen molar-refractivity contribution in [2.45, 2.75) is 25.9 Å². The Morgan fingerprint density at radius 2 is 1.72 bits per heavy atom. The Balaban J connectivity index is 2.01. The van der Waals surface area contributed by atoms with Crippen molar-refractivity contribution < 1.29 is 19.0 Å². The second-order valence-corrected chi connectivity index (χ2v) is 6.33. The highest BCUT2D eigenvalue weighted by Crippen LogP contribution is 2.40. The molecule has 1 aromatic rings. The van der Waals surface area contributed by atoms with E-state index in [1.54, 1.807) is 21.3 Å². The zero-order valence-electron chi connectivity index (χ0n) is 15.6. The SMILES string of the molecule is COc1ccc(CN2CCN(C(=O)CC(C)N)CC2)c(OC)c1OC. The van der Waals surface area contributed by atoms with Gasteiger partial charge in [-0.2, -0.15) is 0 Å². The van der Waals surface area contributed by atoms with Crippen LogP contribution in [0.2, 0.25) is 0 Å². The molecule has 1 aromatic carbocycles. The predicted octanol–water partition coefficient (Wildman–Crippen LogP) is 1.09. The van der Waals surface area contributed by atoms with Crippen molar-refractivity contribution in [1.82, 2.24) is 9.80 Å². The van der Waals surface area contributed by atoms with Gasteiger partial charge in [-0.05, 0) is 13.0 Å². The first kappa shape index (κ1) is 19.3. The molecule has 7 heteroatoms. The number of hydrogen-bond donors (Lipinski definition) is 1. The van der Waals surface area contributed by atoms with Gasteiger partial charge in [-0.1, -0.05) is 6.07 Å². The van der Waals surface area contributed by atoms with Crippen LogP contribution >= 0.6 is 0 Å². The molecule has 1 fully saturated rings. The summed E-state index contributed by atoms with van der Waals surface area (Å²) in [6, 6.07) is 3.79. The van der Waals surface area contributed by atoms with E-state index in [4.69, 9.17) is 19.9 Å². The van der Waals surface area contributed by atoms with Crippen molar-refractivity contribution in [2.24, 2.45) is 5.73 Å². The topological polar surface area (TPSA) is 77.3 Å². The molecular weight excluding hydrogens is 322 g/mol.